The minimum atomic E-state index is -0.404. The van der Waals surface area contributed by atoms with Crippen LogP contribution in [0, 0.1) is 0 Å². The molecular formula is C17H22BrNO3. The zero-order valence-electron chi connectivity index (χ0n) is 12.8. The fourth-order valence-corrected chi connectivity index (χ4v) is 4.18. The average Bonchev–Trinajstić information content (AvgIpc) is 2.52. The van der Waals surface area contributed by atoms with Crippen molar-refractivity contribution in [2.24, 2.45) is 0 Å². The minimum Gasteiger partial charge on any atom is -0.467 e. The third kappa shape index (κ3) is 3.36. The Morgan fingerprint density at radius 2 is 2.09 bits per heavy atom. The lowest BCUT2D eigenvalue weighted by Gasteiger charge is -2.48. The molecule has 0 spiro atoms. The minimum absolute atomic E-state index is 0.00243. The first-order valence-electron chi connectivity index (χ1n) is 7.84. The molecule has 2 unspecified atom stereocenters. The van der Waals surface area contributed by atoms with Gasteiger partial charge in [-0.05, 0) is 43.4 Å². The van der Waals surface area contributed by atoms with Crippen molar-refractivity contribution in [2.75, 3.05) is 13.7 Å². The molecule has 1 aromatic rings. The first-order chi connectivity index (χ1) is 10.6. The van der Waals surface area contributed by atoms with E-state index in [-0.39, 0.29) is 12.6 Å². The molecule has 4 nitrogen and oxygen atoms in total. The summed E-state index contributed by atoms with van der Waals surface area (Å²) >= 11 is 3.55. The fourth-order valence-electron chi connectivity index (χ4n) is 3.78. The number of esters is 1. The molecule has 2 heterocycles. The number of hydrogen-bond donors (Lipinski definition) is 1. The predicted molar refractivity (Wildman–Crippen MR) is 87.6 cm³/mol. The van der Waals surface area contributed by atoms with Crippen LogP contribution in [-0.2, 0) is 19.9 Å². The van der Waals surface area contributed by atoms with E-state index in [9.17, 15) is 4.79 Å². The van der Waals surface area contributed by atoms with Gasteiger partial charge in [0.15, 0.2) is 0 Å². The Bertz CT molecular complexity index is 536. The molecule has 0 saturated carbocycles. The molecule has 1 N–H and O–H groups in total. The number of methoxy groups -OCH3 is 1. The molecule has 0 aliphatic carbocycles. The quantitative estimate of drug-likeness (QED) is 0.830. The van der Waals surface area contributed by atoms with Gasteiger partial charge in [-0.3, -0.25) is 0 Å². The van der Waals surface area contributed by atoms with Crippen molar-refractivity contribution in [1.29, 1.82) is 0 Å². The summed E-state index contributed by atoms with van der Waals surface area (Å²) in [4.78, 5) is 11.6. The number of ether oxygens (including phenoxy) is 2. The zero-order valence-corrected chi connectivity index (χ0v) is 14.4. The van der Waals surface area contributed by atoms with Crippen LogP contribution in [0.2, 0.25) is 0 Å². The molecule has 2 saturated heterocycles. The van der Waals surface area contributed by atoms with Gasteiger partial charge in [-0.25, -0.2) is 4.79 Å². The molecule has 2 aliphatic rings. The van der Waals surface area contributed by atoms with Crippen molar-refractivity contribution >= 4 is 21.9 Å². The van der Waals surface area contributed by atoms with Crippen molar-refractivity contribution in [3.63, 3.8) is 0 Å². The third-order valence-electron chi connectivity index (χ3n) is 4.77. The maximum atomic E-state index is 11.6. The lowest BCUT2D eigenvalue weighted by atomic mass is 9.73. The van der Waals surface area contributed by atoms with Gasteiger partial charge in [0.25, 0.3) is 0 Å². The fraction of sp³-hybridized carbons (Fsp3) is 0.588. The van der Waals surface area contributed by atoms with Crippen molar-refractivity contribution in [2.45, 2.75) is 49.8 Å². The van der Waals surface area contributed by atoms with Gasteiger partial charge in [0.2, 0.25) is 0 Å². The number of carbonyl (C=O) groups is 1. The Labute approximate surface area is 139 Å². The first-order valence-corrected chi connectivity index (χ1v) is 8.63. The van der Waals surface area contributed by atoms with Gasteiger partial charge in [0, 0.05) is 16.6 Å². The number of piperidine rings is 2. The lowest BCUT2D eigenvalue weighted by Crippen LogP contribution is -2.55. The van der Waals surface area contributed by atoms with E-state index < -0.39 is 5.60 Å². The van der Waals surface area contributed by atoms with Crippen LogP contribution in [0.5, 0.6) is 0 Å². The van der Waals surface area contributed by atoms with Crippen molar-refractivity contribution < 1.29 is 14.3 Å². The maximum Gasteiger partial charge on any atom is 0.331 e. The summed E-state index contributed by atoms with van der Waals surface area (Å²) in [5.74, 6) is -0.321. The second-order valence-corrected chi connectivity index (χ2v) is 7.18. The van der Waals surface area contributed by atoms with Gasteiger partial charge in [0.1, 0.15) is 6.61 Å². The molecule has 22 heavy (non-hydrogen) atoms. The molecule has 5 heteroatoms. The molecule has 0 aromatic heterocycles. The van der Waals surface area contributed by atoms with Gasteiger partial charge >= 0.3 is 5.97 Å². The second-order valence-electron chi connectivity index (χ2n) is 6.27. The highest BCUT2D eigenvalue weighted by molar-refractivity contribution is 9.10. The van der Waals surface area contributed by atoms with E-state index in [0.29, 0.717) is 12.1 Å². The molecule has 2 atom stereocenters. The van der Waals surface area contributed by atoms with Crippen LogP contribution in [-0.4, -0.2) is 31.8 Å². The molecule has 0 amide bonds. The van der Waals surface area contributed by atoms with Crippen LogP contribution in [0.4, 0.5) is 0 Å². The van der Waals surface area contributed by atoms with E-state index in [1.807, 2.05) is 12.1 Å². The summed E-state index contributed by atoms with van der Waals surface area (Å²) in [5, 5.41) is 3.69. The Morgan fingerprint density at radius 1 is 1.36 bits per heavy atom. The molecule has 0 radical (unpaired) electrons. The van der Waals surface area contributed by atoms with E-state index in [1.54, 1.807) is 0 Å². The molecule has 3 rings (SSSR count). The van der Waals surface area contributed by atoms with Crippen molar-refractivity contribution in [3.8, 4) is 0 Å². The van der Waals surface area contributed by atoms with Gasteiger partial charge in [-0.2, -0.15) is 0 Å². The Hall–Kier alpha value is -0.910. The van der Waals surface area contributed by atoms with E-state index in [4.69, 9.17) is 9.47 Å². The SMILES string of the molecule is COC(=O)COC1(c2cccc(Br)c2)CC2CCCC(C1)N2. The smallest absolute Gasteiger partial charge is 0.331 e. The number of hydrogen-bond acceptors (Lipinski definition) is 4. The molecular weight excluding hydrogens is 346 g/mol. The Morgan fingerprint density at radius 3 is 2.73 bits per heavy atom. The van der Waals surface area contributed by atoms with Crippen LogP contribution in [0.1, 0.15) is 37.7 Å². The summed E-state index contributed by atoms with van der Waals surface area (Å²) in [6, 6.07) is 9.18. The molecule has 120 valence electrons. The molecule has 2 bridgehead atoms. The van der Waals surface area contributed by atoms with E-state index in [0.717, 1.165) is 22.9 Å². The lowest BCUT2D eigenvalue weighted by molar-refractivity contribution is -0.159. The highest BCUT2D eigenvalue weighted by Crippen LogP contribution is 2.43. The summed E-state index contributed by atoms with van der Waals surface area (Å²) in [6.07, 6.45) is 5.42. The maximum absolute atomic E-state index is 11.6. The third-order valence-corrected chi connectivity index (χ3v) is 5.27. The molecule has 2 fully saturated rings. The number of benzene rings is 1. The van der Waals surface area contributed by atoms with Crippen molar-refractivity contribution in [3.05, 3.63) is 34.3 Å². The number of fused-ring (bicyclic) bond motifs is 2. The van der Waals surface area contributed by atoms with Gasteiger partial charge in [-0.1, -0.05) is 34.5 Å². The summed E-state index contributed by atoms with van der Waals surface area (Å²) in [6.45, 7) is 0.00243. The Kier molecular flexibility index (Phi) is 4.85. The average molecular weight is 368 g/mol. The number of rotatable bonds is 4. The summed E-state index contributed by atoms with van der Waals surface area (Å²) in [7, 11) is 1.40. The zero-order chi connectivity index (χ0) is 15.6. The number of carbonyl (C=O) groups excluding carboxylic acids is 1. The van der Waals surface area contributed by atoms with Crippen LogP contribution in [0.25, 0.3) is 0 Å². The van der Waals surface area contributed by atoms with Crippen LogP contribution < -0.4 is 5.32 Å². The highest BCUT2D eigenvalue weighted by atomic mass is 79.9. The predicted octanol–water partition coefficient (Wildman–Crippen LogP) is 3.14. The monoisotopic (exact) mass is 367 g/mol. The number of nitrogens with one attached hydrogen (secondary N) is 1. The first kappa shape index (κ1) is 16.0. The largest absolute Gasteiger partial charge is 0.467 e. The summed E-state index contributed by atoms with van der Waals surface area (Å²) in [5.41, 5.74) is 0.739. The standard InChI is InChI=1S/C17H22BrNO3/c1-21-16(20)11-22-17(12-4-2-5-13(18)8-12)9-14-6-3-7-15(10-17)19-14/h2,4-5,8,14-15,19H,3,6-7,9-11H2,1H3. The second kappa shape index (κ2) is 6.69. The highest BCUT2D eigenvalue weighted by Gasteiger charge is 2.44. The van der Waals surface area contributed by atoms with Gasteiger partial charge < -0.3 is 14.8 Å². The van der Waals surface area contributed by atoms with Crippen LogP contribution >= 0.6 is 15.9 Å². The van der Waals surface area contributed by atoms with Crippen LogP contribution in [0.15, 0.2) is 28.7 Å². The van der Waals surface area contributed by atoms with Gasteiger partial charge in [-0.15, -0.1) is 0 Å². The topological polar surface area (TPSA) is 47.6 Å². The van der Waals surface area contributed by atoms with Crippen molar-refractivity contribution in [1.82, 2.24) is 5.32 Å². The Balaban J connectivity index is 1.89. The van der Waals surface area contributed by atoms with Gasteiger partial charge in [0.05, 0.1) is 12.7 Å². The van der Waals surface area contributed by atoms with E-state index in [1.165, 1.54) is 26.4 Å². The van der Waals surface area contributed by atoms with E-state index >= 15 is 0 Å². The van der Waals surface area contributed by atoms with E-state index in [2.05, 4.69) is 33.4 Å². The number of halogens is 1. The molecule has 2 aliphatic heterocycles. The normalized spacial score (nSPS) is 30.8. The van der Waals surface area contributed by atoms with Crippen LogP contribution in [0.3, 0.4) is 0 Å². The molecule has 1 aromatic carbocycles. The summed E-state index contributed by atoms with van der Waals surface area (Å²) < 4.78 is 12.0.